The van der Waals surface area contributed by atoms with Gasteiger partial charge in [0.25, 0.3) is 5.91 Å². The molecule has 5 fully saturated rings. The number of likely N-dealkylation sites (N-methyl/N-ethyl adjacent to an activating group) is 2. The van der Waals surface area contributed by atoms with Gasteiger partial charge in [0.05, 0.1) is 64.5 Å². The van der Waals surface area contributed by atoms with E-state index >= 15 is 0 Å². The Hall–Kier alpha value is -3.70. The van der Waals surface area contributed by atoms with Gasteiger partial charge in [-0.25, -0.2) is 9.59 Å². The van der Waals surface area contributed by atoms with Crippen molar-refractivity contribution in [3.63, 3.8) is 0 Å². The molecule has 0 atom stereocenters. The van der Waals surface area contributed by atoms with Crippen LogP contribution in [-0.4, -0.2) is 97.4 Å². The summed E-state index contributed by atoms with van der Waals surface area (Å²) in [5.41, 5.74) is 0.444. The number of ether oxygens (including phenoxy) is 6. The Kier molecular flexibility index (Phi) is 18.3. The van der Waals surface area contributed by atoms with Crippen LogP contribution >= 0.6 is 35.7 Å². The molecule has 4 saturated carbocycles. The van der Waals surface area contributed by atoms with Crippen molar-refractivity contribution >= 4 is 70.6 Å². The van der Waals surface area contributed by atoms with Gasteiger partial charge >= 0.3 is 23.9 Å². The zero-order valence-electron chi connectivity index (χ0n) is 38.5. The summed E-state index contributed by atoms with van der Waals surface area (Å²) in [5.74, 6) is 1.26. The summed E-state index contributed by atoms with van der Waals surface area (Å²) in [6.45, 7) is 8.65. The van der Waals surface area contributed by atoms with Crippen molar-refractivity contribution in [2.45, 2.75) is 138 Å². The number of rotatable bonds is 18. The van der Waals surface area contributed by atoms with Crippen molar-refractivity contribution in [1.82, 2.24) is 9.80 Å². The third kappa shape index (κ3) is 12.7. The van der Waals surface area contributed by atoms with Gasteiger partial charge in [-0.2, -0.15) is 0 Å². The molecule has 0 radical (unpaired) electrons. The Morgan fingerprint density at radius 3 is 1.33 bits per heavy atom. The maximum atomic E-state index is 13.8. The minimum absolute atomic E-state index is 0.208. The molecule has 2 heterocycles. The number of carbonyl (C=O) groups is 5. The minimum atomic E-state index is -0.409. The molecule has 360 valence electrons. The molecule has 66 heavy (non-hydrogen) atoms. The molecule has 16 heteroatoms. The van der Waals surface area contributed by atoms with E-state index in [0.29, 0.717) is 99.3 Å². The predicted octanol–water partition coefficient (Wildman–Crippen LogP) is 9.56. The Bertz CT molecular complexity index is 1880. The fourth-order valence-electron chi connectivity index (χ4n) is 10.7. The lowest BCUT2D eigenvalue weighted by atomic mass is 9.70. The van der Waals surface area contributed by atoms with E-state index < -0.39 is 11.9 Å². The first-order valence-corrected chi connectivity index (χ1v) is 26.1. The average Bonchev–Trinajstić information content (AvgIpc) is 3.87. The SMILES string of the molecule is C=CC(=O)OCCCOC1CCC(C2CCC(C(=O)Oc3ccc(OC(=O)C4CCC(C5CCC(OCCCOC(=O)C=C)CC5)CC4)c4c3SC(=C3C(=O)N(C)C(=S)N3C)S4)CC2)CC1. The van der Waals surface area contributed by atoms with E-state index in [9.17, 15) is 24.0 Å². The number of thiocarbonyl (C=S) groups is 1. The van der Waals surface area contributed by atoms with Crippen molar-refractivity contribution in [2.24, 2.45) is 35.5 Å². The lowest BCUT2D eigenvalue weighted by molar-refractivity contribution is -0.142. The Morgan fingerprint density at radius 2 is 0.985 bits per heavy atom. The van der Waals surface area contributed by atoms with Crippen LogP contribution in [0.3, 0.4) is 0 Å². The third-order valence-electron chi connectivity index (χ3n) is 14.5. The van der Waals surface area contributed by atoms with Crippen LogP contribution < -0.4 is 9.47 Å². The first kappa shape index (κ1) is 50.2. The number of esters is 4. The van der Waals surface area contributed by atoms with Gasteiger partial charge in [-0.3, -0.25) is 19.3 Å². The van der Waals surface area contributed by atoms with Crippen LogP contribution in [0.5, 0.6) is 11.5 Å². The largest absolute Gasteiger partial charge is 0.462 e. The number of benzene rings is 1. The van der Waals surface area contributed by atoms with Gasteiger partial charge in [0.1, 0.15) is 17.2 Å². The molecule has 6 aliphatic rings. The summed E-state index contributed by atoms with van der Waals surface area (Å²) in [4.78, 5) is 68.0. The molecule has 0 unspecified atom stereocenters. The van der Waals surface area contributed by atoms with E-state index in [4.69, 9.17) is 40.6 Å². The van der Waals surface area contributed by atoms with E-state index in [2.05, 4.69) is 13.2 Å². The average molecular weight is 967 g/mol. The number of hydrogen-bond donors (Lipinski definition) is 0. The number of amides is 1. The summed E-state index contributed by atoms with van der Waals surface area (Å²) in [5, 5.41) is 0.397. The van der Waals surface area contributed by atoms with Crippen LogP contribution in [0.1, 0.15) is 116 Å². The van der Waals surface area contributed by atoms with E-state index in [0.717, 1.165) is 103 Å². The van der Waals surface area contributed by atoms with E-state index in [1.807, 2.05) is 0 Å². The number of carbonyl (C=O) groups excluding carboxylic acids is 5. The molecule has 7 rings (SSSR count). The first-order valence-electron chi connectivity index (χ1n) is 24.0. The molecular weight excluding hydrogens is 901 g/mol. The number of fused-ring (bicyclic) bond motifs is 1. The van der Waals surface area contributed by atoms with Crippen molar-refractivity contribution < 1.29 is 52.4 Å². The van der Waals surface area contributed by atoms with Crippen LogP contribution in [0.2, 0.25) is 0 Å². The van der Waals surface area contributed by atoms with Crippen LogP contribution in [0.4, 0.5) is 0 Å². The Labute approximate surface area is 403 Å². The second-order valence-corrected chi connectivity index (χ2v) is 21.3. The topological polar surface area (TPSA) is 147 Å². The van der Waals surface area contributed by atoms with Gasteiger partial charge in [0.2, 0.25) is 0 Å². The van der Waals surface area contributed by atoms with Gasteiger partial charge in [-0.15, -0.1) is 0 Å². The second-order valence-electron chi connectivity index (χ2n) is 18.6. The molecular formula is C50H66N2O11S3. The van der Waals surface area contributed by atoms with E-state index in [1.165, 1.54) is 40.6 Å². The molecule has 0 spiro atoms. The summed E-state index contributed by atoms with van der Waals surface area (Å²) >= 11 is 8.23. The number of hydrogen-bond acceptors (Lipinski definition) is 14. The maximum absolute atomic E-state index is 13.8. The molecule has 13 nitrogen and oxygen atoms in total. The van der Waals surface area contributed by atoms with Crippen LogP contribution in [-0.2, 0) is 42.9 Å². The van der Waals surface area contributed by atoms with E-state index in [1.54, 1.807) is 31.1 Å². The summed E-state index contributed by atoms with van der Waals surface area (Å²) < 4.78 is 35.4. The van der Waals surface area contributed by atoms with Crippen molar-refractivity contribution in [1.29, 1.82) is 0 Å². The Morgan fingerprint density at radius 1 is 0.606 bits per heavy atom. The first-order chi connectivity index (χ1) is 31.9. The normalized spacial score (nSPS) is 27.8. The summed E-state index contributed by atoms with van der Waals surface area (Å²) in [6.07, 6.45) is 19.7. The van der Waals surface area contributed by atoms with Gasteiger partial charge in [0, 0.05) is 39.1 Å². The molecule has 0 bridgehead atoms. The van der Waals surface area contributed by atoms with Gasteiger partial charge in [-0.05, 0) is 151 Å². The van der Waals surface area contributed by atoms with Crippen molar-refractivity contribution in [3.05, 3.63) is 47.4 Å². The summed E-state index contributed by atoms with van der Waals surface area (Å²) in [7, 11) is 3.43. The molecule has 2 aliphatic heterocycles. The summed E-state index contributed by atoms with van der Waals surface area (Å²) in [6, 6.07) is 3.46. The zero-order valence-corrected chi connectivity index (χ0v) is 41.0. The lowest BCUT2D eigenvalue weighted by Crippen LogP contribution is -2.31. The van der Waals surface area contributed by atoms with Gasteiger partial charge in [-0.1, -0.05) is 36.7 Å². The molecule has 0 aromatic heterocycles. The molecule has 1 aromatic carbocycles. The number of nitrogens with zero attached hydrogens (tertiary/aromatic N) is 2. The second kappa shape index (κ2) is 24.0. The van der Waals surface area contributed by atoms with Crippen LogP contribution in [0.15, 0.2) is 57.2 Å². The van der Waals surface area contributed by atoms with Crippen LogP contribution in [0.25, 0.3) is 0 Å². The van der Waals surface area contributed by atoms with Crippen molar-refractivity contribution in [3.8, 4) is 11.5 Å². The number of thioether (sulfide) groups is 2. The highest BCUT2D eigenvalue weighted by Gasteiger charge is 2.41. The Balaban J connectivity index is 0.906. The molecule has 1 saturated heterocycles. The van der Waals surface area contributed by atoms with Crippen LogP contribution in [0, 0.1) is 35.5 Å². The highest BCUT2D eigenvalue weighted by molar-refractivity contribution is 8.24. The molecule has 1 aromatic rings. The van der Waals surface area contributed by atoms with Crippen molar-refractivity contribution in [2.75, 3.05) is 40.5 Å². The van der Waals surface area contributed by atoms with E-state index in [-0.39, 0.29) is 41.9 Å². The minimum Gasteiger partial charge on any atom is -0.462 e. The maximum Gasteiger partial charge on any atom is 0.330 e. The molecule has 0 N–H and O–H groups in total. The quantitative estimate of drug-likeness (QED) is 0.0452. The molecule has 4 aliphatic carbocycles. The fraction of sp³-hybridized carbons (Fsp3) is 0.640. The standard InChI is InChI=1S/C50H66N2O11S3/c1-5-41(53)60-29-7-27-58-37-21-17-33(18-22-37)31-9-13-35(14-10-31)47(56)62-39-25-26-40(45-44(39)65-49(66-45)43-46(55)52(4)50(64)51(43)3)63-48(57)36-15-11-32(12-16-36)34-19-23-38(24-20-34)59-28-8-30-61-42(54)6-2/h5-6,25-26,31-38H,1-2,7-24,27-30H2,3-4H3. The van der Waals surface area contributed by atoms with Gasteiger partial charge in [0.15, 0.2) is 5.11 Å². The highest BCUT2D eigenvalue weighted by Crippen LogP contribution is 2.60. The smallest absolute Gasteiger partial charge is 0.330 e. The highest BCUT2D eigenvalue weighted by atomic mass is 32.2. The predicted molar refractivity (Wildman–Crippen MR) is 255 cm³/mol. The molecule has 1 amide bonds. The lowest BCUT2D eigenvalue weighted by Gasteiger charge is -2.37. The monoisotopic (exact) mass is 966 g/mol. The third-order valence-corrected chi connectivity index (χ3v) is 17.7. The fourth-order valence-corrected chi connectivity index (χ4v) is 13.6. The van der Waals surface area contributed by atoms with Gasteiger partial charge < -0.3 is 33.3 Å². The zero-order chi connectivity index (χ0) is 46.7.